The molecule has 0 aliphatic heterocycles. The molecule has 0 saturated carbocycles. The van der Waals surface area contributed by atoms with Gasteiger partial charge in [0.25, 0.3) is 5.91 Å². The largest absolute Gasteiger partial charge is 0.464 e. The summed E-state index contributed by atoms with van der Waals surface area (Å²) in [5.74, 6) is 6.68. The molecule has 7 heteroatoms. The Labute approximate surface area is 121 Å². The standard InChI is InChI=1S/C13H15ClN4O2/c1-7-3-5-10(20-7)8(2)16-13(19)12-9(14)4-6-11(17-12)18-15/h3-6,8H,15H2,1-2H3,(H,16,19)(H,17,18). The number of nitrogens with zero attached hydrogens (tertiary/aromatic N) is 1. The molecule has 0 fully saturated rings. The van der Waals surface area contributed by atoms with E-state index in [-0.39, 0.29) is 16.8 Å². The number of furan rings is 1. The van der Waals surface area contributed by atoms with Gasteiger partial charge in [0.2, 0.25) is 0 Å². The van der Waals surface area contributed by atoms with Crippen LogP contribution in [0.2, 0.25) is 5.02 Å². The van der Waals surface area contributed by atoms with Crippen molar-refractivity contribution in [2.45, 2.75) is 19.9 Å². The van der Waals surface area contributed by atoms with Crippen molar-refractivity contribution in [2.75, 3.05) is 5.43 Å². The molecule has 4 N–H and O–H groups in total. The summed E-state index contributed by atoms with van der Waals surface area (Å²) in [6, 6.07) is 6.50. The number of carbonyl (C=O) groups excluding carboxylic acids is 1. The molecule has 0 spiro atoms. The molecule has 0 bridgehead atoms. The maximum absolute atomic E-state index is 12.2. The molecular weight excluding hydrogens is 280 g/mol. The van der Waals surface area contributed by atoms with E-state index in [0.717, 1.165) is 5.76 Å². The second kappa shape index (κ2) is 5.94. The number of aryl methyl sites for hydroxylation is 1. The van der Waals surface area contributed by atoms with E-state index >= 15 is 0 Å². The van der Waals surface area contributed by atoms with Crippen molar-refractivity contribution < 1.29 is 9.21 Å². The molecule has 106 valence electrons. The number of amides is 1. The van der Waals surface area contributed by atoms with E-state index in [2.05, 4.69) is 15.7 Å². The summed E-state index contributed by atoms with van der Waals surface area (Å²) in [5.41, 5.74) is 2.48. The molecule has 2 heterocycles. The number of hydrogen-bond acceptors (Lipinski definition) is 5. The molecule has 0 saturated heterocycles. The Morgan fingerprint density at radius 2 is 2.15 bits per heavy atom. The van der Waals surface area contributed by atoms with E-state index in [4.69, 9.17) is 21.9 Å². The maximum Gasteiger partial charge on any atom is 0.272 e. The first-order valence-electron chi connectivity index (χ1n) is 6.01. The average Bonchev–Trinajstić information content (AvgIpc) is 2.86. The Morgan fingerprint density at radius 1 is 1.40 bits per heavy atom. The number of nitrogens with one attached hydrogen (secondary N) is 2. The van der Waals surface area contributed by atoms with E-state index in [1.54, 1.807) is 12.1 Å². The normalized spacial score (nSPS) is 12.0. The van der Waals surface area contributed by atoms with Crippen molar-refractivity contribution in [1.29, 1.82) is 0 Å². The van der Waals surface area contributed by atoms with Crippen molar-refractivity contribution in [3.63, 3.8) is 0 Å². The van der Waals surface area contributed by atoms with Gasteiger partial charge in [-0.3, -0.25) is 4.79 Å². The molecule has 1 atom stereocenters. The van der Waals surface area contributed by atoms with Crippen molar-refractivity contribution >= 4 is 23.3 Å². The van der Waals surface area contributed by atoms with Crippen LogP contribution in [0.25, 0.3) is 0 Å². The van der Waals surface area contributed by atoms with Crippen LogP contribution in [0.1, 0.15) is 35.0 Å². The Morgan fingerprint density at radius 3 is 2.75 bits per heavy atom. The average molecular weight is 295 g/mol. The molecule has 0 aromatic carbocycles. The lowest BCUT2D eigenvalue weighted by atomic mass is 10.2. The second-order valence-corrected chi connectivity index (χ2v) is 4.72. The molecule has 2 aromatic heterocycles. The molecular formula is C13H15ClN4O2. The smallest absolute Gasteiger partial charge is 0.272 e. The zero-order valence-electron chi connectivity index (χ0n) is 11.1. The fraction of sp³-hybridized carbons (Fsp3) is 0.231. The van der Waals surface area contributed by atoms with Gasteiger partial charge in [0.15, 0.2) is 0 Å². The van der Waals surface area contributed by atoms with Crippen LogP contribution >= 0.6 is 11.6 Å². The number of nitrogen functional groups attached to an aromatic ring is 1. The minimum Gasteiger partial charge on any atom is -0.464 e. The highest BCUT2D eigenvalue weighted by Crippen LogP contribution is 2.19. The number of nitrogens with two attached hydrogens (primary N) is 1. The monoisotopic (exact) mass is 294 g/mol. The third-order valence-electron chi connectivity index (χ3n) is 2.74. The van der Waals surface area contributed by atoms with Gasteiger partial charge in [-0.1, -0.05) is 11.6 Å². The van der Waals surface area contributed by atoms with Crippen LogP contribution in [0.15, 0.2) is 28.7 Å². The number of anilines is 1. The summed E-state index contributed by atoms with van der Waals surface area (Å²) < 4.78 is 5.46. The summed E-state index contributed by atoms with van der Waals surface area (Å²) in [6.07, 6.45) is 0. The van der Waals surface area contributed by atoms with Crippen LogP contribution in [0.3, 0.4) is 0 Å². The van der Waals surface area contributed by atoms with Gasteiger partial charge < -0.3 is 15.2 Å². The molecule has 0 aliphatic rings. The van der Waals surface area contributed by atoms with Crippen LogP contribution in [-0.4, -0.2) is 10.9 Å². The topological polar surface area (TPSA) is 93.2 Å². The molecule has 2 rings (SSSR count). The fourth-order valence-electron chi connectivity index (χ4n) is 1.70. The Kier molecular flexibility index (Phi) is 4.26. The highest BCUT2D eigenvalue weighted by Gasteiger charge is 2.18. The first kappa shape index (κ1) is 14.4. The maximum atomic E-state index is 12.2. The van der Waals surface area contributed by atoms with Gasteiger partial charge >= 0.3 is 0 Å². The van der Waals surface area contributed by atoms with Gasteiger partial charge in [-0.15, -0.1) is 0 Å². The summed E-state index contributed by atoms with van der Waals surface area (Å²) in [4.78, 5) is 16.2. The van der Waals surface area contributed by atoms with E-state index in [0.29, 0.717) is 11.6 Å². The lowest BCUT2D eigenvalue weighted by molar-refractivity contribution is 0.0930. The Balaban J connectivity index is 2.15. The summed E-state index contributed by atoms with van der Waals surface area (Å²) >= 11 is 5.97. The van der Waals surface area contributed by atoms with Gasteiger partial charge in [0, 0.05) is 0 Å². The van der Waals surface area contributed by atoms with Crippen LogP contribution < -0.4 is 16.6 Å². The molecule has 6 nitrogen and oxygen atoms in total. The third kappa shape index (κ3) is 3.09. The highest BCUT2D eigenvalue weighted by atomic mass is 35.5. The van der Waals surface area contributed by atoms with Gasteiger partial charge in [0.1, 0.15) is 23.0 Å². The van der Waals surface area contributed by atoms with E-state index < -0.39 is 5.91 Å². The fourth-order valence-corrected chi connectivity index (χ4v) is 1.90. The Hall–Kier alpha value is -2.05. The van der Waals surface area contributed by atoms with Crippen molar-refractivity contribution in [3.05, 3.63) is 46.5 Å². The predicted molar refractivity (Wildman–Crippen MR) is 76.4 cm³/mol. The Bertz CT molecular complexity index is 627. The first-order valence-corrected chi connectivity index (χ1v) is 6.39. The summed E-state index contributed by atoms with van der Waals surface area (Å²) in [5, 5.41) is 3.02. The van der Waals surface area contributed by atoms with E-state index in [1.165, 1.54) is 0 Å². The number of carbonyl (C=O) groups is 1. The molecule has 2 aromatic rings. The number of halogens is 1. The number of aromatic nitrogens is 1. The SMILES string of the molecule is Cc1ccc(C(C)NC(=O)c2nc(NN)ccc2Cl)o1. The van der Waals surface area contributed by atoms with Crippen molar-refractivity contribution in [1.82, 2.24) is 10.3 Å². The van der Waals surface area contributed by atoms with Crippen LogP contribution in [0.5, 0.6) is 0 Å². The quantitative estimate of drug-likeness (QED) is 0.595. The van der Waals surface area contributed by atoms with Gasteiger partial charge in [-0.05, 0) is 38.1 Å². The zero-order valence-corrected chi connectivity index (χ0v) is 11.9. The zero-order chi connectivity index (χ0) is 14.7. The highest BCUT2D eigenvalue weighted by molar-refractivity contribution is 6.33. The lowest BCUT2D eigenvalue weighted by Gasteiger charge is -2.12. The summed E-state index contributed by atoms with van der Waals surface area (Å²) in [6.45, 7) is 3.65. The minimum atomic E-state index is -0.395. The van der Waals surface area contributed by atoms with Gasteiger partial charge in [0.05, 0.1) is 11.1 Å². The van der Waals surface area contributed by atoms with E-state index in [9.17, 15) is 4.79 Å². The van der Waals surface area contributed by atoms with Crippen LogP contribution in [0.4, 0.5) is 5.82 Å². The summed E-state index contributed by atoms with van der Waals surface area (Å²) in [7, 11) is 0. The van der Waals surface area contributed by atoms with Gasteiger partial charge in [-0.2, -0.15) is 0 Å². The number of hydrazine groups is 1. The minimum absolute atomic E-state index is 0.109. The number of rotatable bonds is 4. The third-order valence-corrected chi connectivity index (χ3v) is 3.05. The van der Waals surface area contributed by atoms with Crippen molar-refractivity contribution in [3.8, 4) is 0 Å². The lowest BCUT2D eigenvalue weighted by Crippen LogP contribution is -2.28. The van der Waals surface area contributed by atoms with Crippen molar-refractivity contribution in [2.24, 2.45) is 5.84 Å². The molecule has 1 unspecified atom stereocenters. The molecule has 0 aliphatic carbocycles. The van der Waals surface area contributed by atoms with E-state index in [1.807, 2.05) is 26.0 Å². The van der Waals surface area contributed by atoms with Crippen LogP contribution in [0, 0.1) is 6.92 Å². The molecule has 20 heavy (non-hydrogen) atoms. The number of pyridine rings is 1. The van der Waals surface area contributed by atoms with Gasteiger partial charge in [-0.25, -0.2) is 10.8 Å². The molecule has 0 radical (unpaired) electrons. The number of hydrogen-bond donors (Lipinski definition) is 3. The van der Waals surface area contributed by atoms with Crippen LogP contribution in [-0.2, 0) is 0 Å². The first-order chi connectivity index (χ1) is 9.51. The molecule has 1 amide bonds. The predicted octanol–water partition coefficient (Wildman–Crippen LogP) is 2.41. The second-order valence-electron chi connectivity index (χ2n) is 4.31.